The molecule has 1 amide bonds. The molecule has 1 aliphatic heterocycles. The molecule has 0 aromatic heterocycles. The second kappa shape index (κ2) is 6.47. The van der Waals surface area contributed by atoms with Gasteiger partial charge in [-0.2, -0.15) is 13.2 Å². The van der Waals surface area contributed by atoms with Crippen molar-refractivity contribution in [1.29, 1.82) is 0 Å². The van der Waals surface area contributed by atoms with Crippen molar-refractivity contribution in [2.24, 2.45) is 5.41 Å². The molecule has 3 nitrogen and oxygen atoms in total. The largest absolute Gasteiger partial charge is 0.419 e. The van der Waals surface area contributed by atoms with E-state index in [1.165, 1.54) is 0 Å². The zero-order chi connectivity index (χ0) is 17.3. The zero-order valence-electron chi connectivity index (χ0n) is 13.1. The number of piperidine rings is 1. The highest BCUT2D eigenvalue weighted by atomic mass is 19.4. The molecule has 1 aromatic rings. The molecule has 0 radical (unpaired) electrons. The van der Waals surface area contributed by atoms with Crippen LogP contribution in [0, 0.1) is 11.2 Å². The number of nitrogens with one attached hydrogen (secondary N) is 2. The smallest absolute Gasteiger partial charge is 0.350 e. The second-order valence-corrected chi connectivity index (χ2v) is 6.47. The van der Waals surface area contributed by atoms with Crippen LogP contribution < -0.4 is 10.6 Å². The molecule has 2 N–H and O–H groups in total. The fraction of sp³-hybridized carbons (Fsp3) is 0.562. The number of benzene rings is 1. The Bertz CT molecular complexity index is 584. The van der Waals surface area contributed by atoms with Gasteiger partial charge in [0.15, 0.2) is 0 Å². The van der Waals surface area contributed by atoms with Gasteiger partial charge in [0.1, 0.15) is 5.82 Å². The third-order valence-electron chi connectivity index (χ3n) is 4.35. The van der Waals surface area contributed by atoms with E-state index in [4.69, 9.17) is 0 Å². The Morgan fingerprint density at radius 2 is 2.09 bits per heavy atom. The van der Waals surface area contributed by atoms with Gasteiger partial charge in [-0.05, 0) is 36.9 Å². The normalized spacial score (nSPS) is 21.0. The van der Waals surface area contributed by atoms with Crippen LogP contribution in [-0.4, -0.2) is 25.0 Å². The molecule has 1 saturated heterocycles. The minimum Gasteiger partial charge on any atom is -0.350 e. The topological polar surface area (TPSA) is 41.1 Å². The van der Waals surface area contributed by atoms with E-state index in [1.807, 2.05) is 0 Å². The maximum absolute atomic E-state index is 13.9. The van der Waals surface area contributed by atoms with E-state index >= 15 is 0 Å². The van der Waals surface area contributed by atoms with Crippen molar-refractivity contribution in [2.45, 2.75) is 38.9 Å². The van der Waals surface area contributed by atoms with Crippen molar-refractivity contribution in [3.05, 3.63) is 35.1 Å². The van der Waals surface area contributed by atoms with Crippen molar-refractivity contribution >= 4 is 5.91 Å². The molecule has 1 unspecified atom stereocenters. The van der Waals surface area contributed by atoms with Crippen LogP contribution in [0.5, 0.6) is 0 Å². The van der Waals surface area contributed by atoms with Crippen LogP contribution >= 0.6 is 0 Å². The van der Waals surface area contributed by atoms with E-state index < -0.39 is 29.0 Å². The van der Waals surface area contributed by atoms with Gasteiger partial charge in [-0.15, -0.1) is 0 Å². The number of rotatable bonds is 3. The van der Waals surface area contributed by atoms with E-state index in [2.05, 4.69) is 24.5 Å². The summed E-state index contributed by atoms with van der Waals surface area (Å²) >= 11 is 0. The fourth-order valence-electron chi connectivity index (χ4n) is 2.84. The predicted octanol–water partition coefficient (Wildman–Crippen LogP) is 3.35. The van der Waals surface area contributed by atoms with Crippen molar-refractivity contribution in [2.75, 3.05) is 13.1 Å². The first-order valence-electron chi connectivity index (χ1n) is 7.50. The molecule has 1 aromatic carbocycles. The van der Waals surface area contributed by atoms with Crippen LogP contribution in [0.2, 0.25) is 0 Å². The van der Waals surface area contributed by atoms with Crippen molar-refractivity contribution in [1.82, 2.24) is 10.6 Å². The average Bonchev–Trinajstić information content (AvgIpc) is 2.44. The molecule has 23 heavy (non-hydrogen) atoms. The molecule has 2 rings (SSSR count). The third kappa shape index (κ3) is 4.02. The van der Waals surface area contributed by atoms with Crippen molar-refractivity contribution < 1.29 is 22.4 Å². The molecule has 0 saturated carbocycles. The van der Waals surface area contributed by atoms with Gasteiger partial charge in [-0.1, -0.05) is 19.9 Å². The van der Waals surface area contributed by atoms with Crippen LogP contribution in [0.25, 0.3) is 0 Å². The summed E-state index contributed by atoms with van der Waals surface area (Å²) < 4.78 is 52.0. The molecule has 1 atom stereocenters. The van der Waals surface area contributed by atoms with Gasteiger partial charge in [0.05, 0.1) is 11.1 Å². The van der Waals surface area contributed by atoms with Gasteiger partial charge in [-0.3, -0.25) is 4.79 Å². The third-order valence-corrected chi connectivity index (χ3v) is 4.35. The minimum absolute atomic E-state index is 0.00550. The van der Waals surface area contributed by atoms with E-state index in [9.17, 15) is 22.4 Å². The lowest BCUT2D eigenvalue weighted by atomic mass is 9.77. The highest BCUT2D eigenvalue weighted by Crippen LogP contribution is 2.32. The first-order valence-corrected chi connectivity index (χ1v) is 7.50. The highest BCUT2D eigenvalue weighted by molar-refractivity contribution is 5.94. The number of hydrogen-bond donors (Lipinski definition) is 2. The Labute approximate surface area is 132 Å². The standard InChI is InChI=1S/C16H20F4N2O/c1-15(2)7-4-8-21-12(15)9-22-14(23)10-5-3-6-11(13(10)17)16(18,19)20/h3,5-6,12,21H,4,7-9H2,1-2H3,(H,22,23). The summed E-state index contributed by atoms with van der Waals surface area (Å²) in [6, 6.07) is 2.70. The maximum Gasteiger partial charge on any atom is 0.419 e. The van der Waals surface area contributed by atoms with Crippen molar-refractivity contribution in [3.63, 3.8) is 0 Å². The summed E-state index contributed by atoms with van der Waals surface area (Å²) in [5.41, 5.74) is -2.06. The number of carbonyl (C=O) groups is 1. The lowest BCUT2D eigenvalue weighted by Crippen LogP contribution is -2.52. The summed E-state index contributed by atoms with van der Waals surface area (Å²) in [6.07, 6.45) is -2.81. The second-order valence-electron chi connectivity index (χ2n) is 6.47. The fourth-order valence-corrected chi connectivity index (χ4v) is 2.84. The lowest BCUT2D eigenvalue weighted by Gasteiger charge is -2.39. The molecule has 0 spiro atoms. The van der Waals surface area contributed by atoms with E-state index in [-0.39, 0.29) is 18.0 Å². The monoisotopic (exact) mass is 332 g/mol. The van der Waals surface area contributed by atoms with E-state index in [1.54, 1.807) is 0 Å². The van der Waals surface area contributed by atoms with E-state index in [0.717, 1.165) is 31.5 Å². The first kappa shape index (κ1) is 17.7. The Morgan fingerprint density at radius 1 is 1.39 bits per heavy atom. The Morgan fingerprint density at radius 3 is 2.70 bits per heavy atom. The maximum atomic E-state index is 13.9. The summed E-state index contributed by atoms with van der Waals surface area (Å²) in [6.45, 7) is 5.17. The summed E-state index contributed by atoms with van der Waals surface area (Å²) in [5, 5.41) is 5.81. The van der Waals surface area contributed by atoms with E-state index in [0.29, 0.717) is 6.07 Å². The SMILES string of the molecule is CC1(C)CCCNC1CNC(=O)c1cccc(C(F)(F)F)c1F. The summed E-state index contributed by atoms with van der Waals surface area (Å²) in [7, 11) is 0. The number of amides is 1. The Hall–Kier alpha value is -1.63. The van der Waals surface area contributed by atoms with Crippen LogP contribution in [0.3, 0.4) is 0 Å². The number of hydrogen-bond acceptors (Lipinski definition) is 2. The van der Waals surface area contributed by atoms with Gasteiger partial charge < -0.3 is 10.6 Å². The Balaban J connectivity index is 2.10. The molecule has 128 valence electrons. The number of carbonyl (C=O) groups excluding carboxylic acids is 1. The van der Waals surface area contributed by atoms with Gasteiger partial charge >= 0.3 is 6.18 Å². The average molecular weight is 332 g/mol. The minimum atomic E-state index is -4.83. The van der Waals surface area contributed by atoms with Gasteiger partial charge in [-0.25, -0.2) is 4.39 Å². The summed E-state index contributed by atoms with van der Waals surface area (Å²) in [4.78, 5) is 12.1. The van der Waals surface area contributed by atoms with Gasteiger partial charge in [0.2, 0.25) is 0 Å². The van der Waals surface area contributed by atoms with Crippen LogP contribution in [0.4, 0.5) is 17.6 Å². The zero-order valence-corrected chi connectivity index (χ0v) is 13.1. The highest BCUT2D eigenvalue weighted by Gasteiger charge is 2.36. The van der Waals surface area contributed by atoms with Crippen LogP contribution in [0.15, 0.2) is 18.2 Å². The Kier molecular flexibility index (Phi) is 4.98. The lowest BCUT2D eigenvalue weighted by molar-refractivity contribution is -0.140. The molecule has 7 heteroatoms. The molecular formula is C16H20F4N2O. The van der Waals surface area contributed by atoms with Crippen molar-refractivity contribution in [3.8, 4) is 0 Å². The quantitative estimate of drug-likeness (QED) is 0.834. The molecule has 0 bridgehead atoms. The molecule has 0 aliphatic carbocycles. The molecular weight excluding hydrogens is 312 g/mol. The molecule has 1 fully saturated rings. The molecule has 1 aliphatic rings. The predicted molar refractivity (Wildman–Crippen MR) is 78.5 cm³/mol. The molecule has 1 heterocycles. The van der Waals surface area contributed by atoms with Crippen LogP contribution in [0.1, 0.15) is 42.6 Å². The number of halogens is 4. The van der Waals surface area contributed by atoms with Gasteiger partial charge in [0.25, 0.3) is 5.91 Å². The number of alkyl halides is 3. The first-order chi connectivity index (χ1) is 10.6. The van der Waals surface area contributed by atoms with Crippen LogP contribution in [-0.2, 0) is 6.18 Å². The van der Waals surface area contributed by atoms with Gasteiger partial charge in [0, 0.05) is 12.6 Å². The summed E-state index contributed by atoms with van der Waals surface area (Å²) in [5.74, 6) is -2.37.